The van der Waals surface area contributed by atoms with Crippen molar-refractivity contribution in [3.05, 3.63) is 59.7 Å². The summed E-state index contributed by atoms with van der Waals surface area (Å²) in [7, 11) is 3.34. The van der Waals surface area contributed by atoms with Crippen LogP contribution in [0.2, 0.25) is 0 Å². The zero-order chi connectivity index (χ0) is 19.5. The highest BCUT2D eigenvalue weighted by atomic mass is 16.5. The molecule has 3 N–H and O–H groups in total. The van der Waals surface area contributed by atoms with E-state index in [9.17, 15) is 4.79 Å². The molecule has 6 heteroatoms. The Labute approximate surface area is 161 Å². The predicted octanol–water partition coefficient (Wildman–Crippen LogP) is 2.60. The Morgan fingerprint density at radius 3 is 2.52 bits per heavy atom. The number of nitrogens with zero attached hydrogens (tertiary/aromatic N) is 1. The Hall–Kier alpha value is -3.02. The number of hydrogen-bond donors (Lipinski definition) is 3. The Balaban J connectivity index is 1.73. The van der Waals surface area contributed by atoms with Gasteiger partial charge in [0.05, 0.1) is 13.7 Å². The Morgan fingerprint density at radius 1 is 1.07 bits per heavy atom. The van der Waals surface area contributed by atoms with E-state index in [0.717, 1.165) is 24.3 Å². The number of carbonyl (C=O) groups is 1. The topological polar surface area (TPSA) is 74.8 Å². The number of amides is 1. The summed E-state index contributed by atoms with van der Waals surface area (Å²) in [4.78, 5) is 16.3. The van der Waals surface area contributed by atoms with Crippen LogP contribution in [0.15, 0.2) is 53.5 Å². The number of anilines is 1. The second kappa shape index (κ2) is 10.9. The van der Waals surface area contributed by atoms with Crippen molar-refractivity contribution < 1.29 is 9.53 Å². The number of hydrogen-bond acceptors (Lipinski definition) is 3. The van der Waals surface area contributed by atoms with Crippen LogP contribution in [0, 0.1) is 0 Å². The van der Waals surface area contributed by atoms with E-state index in [1.807, 2.05) is 48.5 Å². The Kier molecular flexibility index (Phi) is 8.16. The van der Waals surface area contributed by atoms with Crippen molar-refractivity contribution in [2.45, 2.75) is 19.8 Å². The van der Waals surface area contributed by atoms with Gasteiger partial charge in [-0.15, -0.1) is 0 Å². The van der Waals surface area contributed by atoms with Crippen molar-refractivity contribution in [1.82, 2.24) is 10.6 Å². The molecule has 144 valence electrons. The fourth-order valence-corrected chi connectivity index (χ4v) is 2.58. The molecule has 1 amide bonds. The molecule has 0 fully saturated rings. The molecule has 0 aromatic heterocycles. The summed E-state index contributed by atoms with van der Waals surface area (Å²) >= 11 is 0. The van der Waals surface area contributed by atoms with E-state index in [1.165, 1.54) is 11.1 Å². The van der Waals surface area contributed by atoms with Gasteiger partial charge < -0.3 is 20.7 Å². The van der Waals surface area contributed by atoms with Gasteiger partial charge in [-0.25, -0.2) is 0 Å². The predicted molar refractivity (Wildman–Crippen MR) is 111 cm³/mol. The molecule has 0 spiro atoms. The standard InChI is InChI=1S/C21H28N4O2/c1-4-16-6-5-7-18(14-16)25-20(26)15-24-21(22-2)23-13-12-17-8-10-19(27-3)11-9-17/h5-11,14H,4,12-13,15H2,1-3H3,(H,25,26)(H2,22,23,24). The molecule has 2 aromatic carbocycles. The van der Waals surface area contributed by atoms with E-state index in [1.54, 1.807) is 14.2 Å². The molecule has 0 aliphatic carbocycles. The summed E-state index contributed by atoms with van der Waals surface area (Å²) in [5, 5.41) is 9.13. The fourth-order valence-electron chi connectivity index (χ4n) is 2.58. The van der Waals surface area contributed by atoms with Crippen LogP contribution >= 0.6 is 0 Å². The molecule has 27 heavy (non-hydrogen) atoms. The molecule has 6 nitrogen and oxygen atoms in total. The highest BCUT2D eigenvalue weighted by molar-refractivity contribution is 5.95. The van der Waals surface area contributed by atoms with Crippen LogP contribution < -0.4 is 20.7 Å². The molecular weight excluding hydrogens is 340 g/mol. The smallest absolute Gasteiger partial charge is 0.243 e. The third kappa shape index (κ3) is 7.01. The molecular formula is C21H28N4O2. The number of aryl methyl sites for hydroxylation is 1. The van der Waals surface area contributed by atoms with Crippen molar-refractivity contribution >= 4 is 17.6 Å². The maximum Gasteiger partial charge on any atom is 0.243 e. The lowest BCUT2D eigenvalue weighted by atomic mass is 10.1. The third-order valence-electron chi connectivity index (χ3n) is 4.12. The van der Waals surface area contributed by atoms with E-state index in [-0.39, 0.29) is 12.5 Å². The van der Waals surface area contributed by atoms with Gasteiger partial charge in [0.2, 0.25) is 5.91 Å². The molecule has 0 aliphatic rings. The molecule has 0 heterocycles. The normalized spacial score (nSPS) is 11.0. The quantitative estimate of drug-likeness (QED) is 0.495. The van der Waals surface area contributed by atoms with Gasteiger partial charge in [-0.3, -0.25) is 9.79 Å². The molecule has 0 unspecified atom stereocenters. The van der Waals surface area contributed by atoms with Crippen molar-refractivity contribution in [3.8, 4) is 5.75 Å². The first kappa shape index (κ1) is 20.3. The molecule has 0 saturated carbocycles. The van der Waals surface area contributed by atoms with E-state index in [2.05, 4.69) is 27.9 Å². The minimum atomic E-state index is -0.110. The Bertz CT molecular complexity index is 757. The first-order valence-corrected chi connectivity index (χ1v) is 9.10. The summed E-state index contributed by atoms with van der Waals surface area (Å²) in [5.41, 5.74) is 3.20. The van der Waals surface area contributed by atoms with Gasteiger partial charge in [0, 0.05) is 19.3 Å². The summed E-state index contributed by atoms with van der Waals surface area (Å²) < 4.78 is 5.16. The van der Waals surface area contributed by atoms with Crippen molar-refractivity contribution in [3.63, 3.8) is 0 Å². The number of ether oxygens (including phenoxy) is 1. The highest BCUT2D eigenvalue weighted by Crippen LogP contribution is 2.11. The number of guanidine groups is 1. The number of aliphatic imine (C=N–C) groups is 1. The SMILES string of the molecule is CCc1cccc(NC(=O)CNC(=NC)NCCc2ccc(OC)cc2)c1. The fraction of sp³-hybridized carbons (Fsp3) is 0.333. The lowest BCUT2D eigenvalue weighted by Crippen LogP contribution is -2.42. The van der Waals surface area contributed by atoms with E-state index >= 15 is 0 Å². The van der Waals surface area contributed by atoms with Gasteiger partial charge in [0.25, 0.3) is 0 Å². The molecule has 2 aromatic rings. The molecule has 0 atom stereocenters. The molecule has 2 rings (SSSR count). The van der Waals surface area contributed by atoms with Crippen molar-refractivity contribution in [2.75, 3.05) is 32.6 Å². The first-order chi connectivity index (χ1) is 13.1. The molecule has 0 radical (unpaired) electrons. The maximum atomic E-state index is 12.1. The lowest BCUT2D eigenvalue weighted by molar-refractivity contribution is -0.115. The summed E-state index contributed by atoms with van der Waals surface area (Å²) in [6.45, 7) is 2.95. The van der Waals surface area contributed by atoms with Crippen molar-refractivity contribution in [2.24, 2.45) is 4.99 Å². The largest absolute Gasteiger partial charge is 0.497 e. The number of rotatable bonds is 8. The van der Waals surface area contributed by atoms with Gasteiger partial charge in [-0.2, -0.15) is 0 Å². The monoisotopic (exact) mass is 368 g/mol. The number of methoxy groups -OCH3 is 1. The second-order valence-corrected chi connectivity index (χ2v) is 6.05. The number of carbonyl (C=O) groups excluding carboxylic acids is 1. The zero-order valence-corrected chi connectivity index (χ0v) is 16.2. The van der Waals surface area contributed by atoms with Crippen LogP contribution in [0.3, 0.4) is 0 Å². The van der Waals surface area contributed by atoms with Crippen LogP contribution in [0.5, 0.6) is 5.75 Å². The van der Waals surface area contributed by atoms with Gasteiger partial charge in [0.15, 0.2) is 5.96 Å². The van der Waals surface area contributed by atoms with Crippen LogP contribution in [-0.4, -0.2) is 39.1 Å². The van der Waals surface area contributed by atoms with Gasteiger partial charge in [-0.1, -0.05) is 31.2 Å². The maximum absolute atomic E-state index is 12.1. The second-order valence-electron chi connectivity index (χ2n) is 6.05. The summed E-state index contributed by atoms with van der Waals surface area (Å²) in [5.74, 6) is 1.34. The van der Waals surface area contributed by atoms with Gasteiger partial charge in [0.1, 0.15) is 5.75 Å². The number of benzene rings is 2. The van der Waals surface area contributed by atoms with E-state index in [0.29, 0.717) is 12.5 Å². The van der Waals surface area contributed by atoms with Gasteiger partial charge >= 0.3 is 0 Å². The van der Waals surface area contributed by atoms with Gasteiger partial charge in [-0.05, 0) is 48.2 Å². The van der Waals surface area contributed by atoms with E-state index < -0.39 is 0 Å². The summed E-state index contributed by atoms with van der Waals surface area (Å²) in [6, 6.07) is 15.8. The minimum Gasteiger partial charge on any atom is -0.497 e. The summed E-state index contributed by atoms with van der Waals surface area (Å²) in [6.07, 6.45) is 1.79. The molecule has 0 saturated heterocycles. The highest BCUT2D eigenvalue weighted by Gasteiger charge is 2.05. The number of nitrogens with one attached hydrogen (secondary N) is 3. The first-order valence-electron chi connectivity index (χ1n) is 9.10. The average molecular weight is 368 g/mol. The van der Waals surface area contributed by atoms with E-state index in [4.69, 9.17) is 4.74 Å². The van der Waals surface area contributed by atoms with Crippen LogP contribution in [0.4, 0.5) is 5.69 Å². The Morgan fingerprint density at radius 2 is 1.85 bits per heavy atom. The van der Waals surface area contributed by atoms with Crippen LogP contribution in [0.1, 0.15) is 18.1 Å². The molecule has 0 bridgehead atoms. The lowest BCUT2D eigenvalue weighted by Gasteiger charge is -2.12. The van der Waals surface area contributed by atoms with Crippen molar-refractivity contribution in [1.29, 1.82) is 0 Å². The third-order valence-corrected chi connectivity index (χ3v) is 4.12. The molecule has 0 aliphatic heterocycles. The van der Waals surface area contributed by atoms with Crippen LogP contribution in [-0.2, 0) is 17.6 Å². The zero-order valence-electron chi connectivity index (χ0n) is 16.2. The minimum absolute atomic E-state index is 0.110. The van der Waals surface area contributed by atoms with Crippen LogP contribution in [0.25, 0.3) is 0 Å². The average Bonchev–Trinajstić information content (AvgIpc) is 2.71.